The molecule has 5 aromatic rings. The highest BCUT2D eigenvalue weighted by Crippen LogP contribution is 2.38. The second-order valence-corrected chi connectivity index (χ2v) is 9.74. The van der Waals surface area contributed by atoms with E-state index in [4.69, 9.17) is 16.6 Å². The van der Waals surface area contributed by atoms with E-state index in [9.17, 15) is 4.79 Å². The van der Waals surface area contributed by atoms with Gasteiger partial charge < -0.3 is 0 Å². The number of pyridine rings is 1. The van der Waals surface area contributed by atoms with Crippen molar-refractivity contribution < 1.29 is 4.79 Å². The Morgan fingerprint density at radius 1 is 1.00 bits per heavy atom. The van der Waals surface area contributed by atoms with Gasteiger partial charge in [0.1, 0.15) is 4.88 Å². The summed E-state index contributed by atoms with van der Waals surface area (Å²) in [5, 5.41) is 2.03. The molecule has 4 nitrogen and oxygen atoms in total. The summed E-state index contributed by atoms with van der Waals surface area (Å²) in [6.07, 6.45) is 1.73. The minimum absolute atomic E-state index is 0.162. The van der Waals surface area contributed by atoms with Crippen LogP contribution in [0.25, 0.3) is 20.3 Å². The van der Waals surface area contributed by atoms with Crippen molar-refractivity contribution in [3.8, 4) is 0 Å². The van der Waals surface area contributed by atoms with Crippen LogP contribution < -0.4 is 4.90 Å². The third-order valence-corrected chi connectivity index (χ3v) is 8.03. The van der Waals surface area contributed by atoms with Crippen molar-refractivity contribution in [1.82, 2.24) is 9.97 Å². The van der Waals surface area contributed by atoms with Crippen molar-refractivity contribution >= 4 is 65.6 Å². The van der Waals surface area contributed by atoms with Gasteiger partial charge in [-0.2, -0.15) is 0 Å². The molecule has 1 amide bonds. The largest absolute Gasteiger partial charge is 0.277 e. The first-order valence-corrected chi connectivity index (χ1v) is 11.8. The fraction of sp³-hybridized carbons (Fsp3) is 0.125. The molecule has 0 unspecified atom stereocenters. The van der Waals surface area contributed by atoms with Crippen LogP contribution in [-0.2, 0) is 6.54 Å². The Morgan fingerprint density at radius 2 is 1.81 bits per heavy atom. The molecule has 0 aliphatic rings. The number of nitrogens with zero attached hydrogens (tertiary/aromatic N) is 3. The average Bonchev–Trinajstić information content (AvgIpc) is 3.37. The predicted molar refractivity (Wildman–Crippen MR) is 131 cm³/mol. The van der Waals surface area contributed by atoms with Gasteiger partial charge in [0, 0.05) is 16.3 Å². The summed E-state index contributed by atoms with van der Waals surface area (Å²) in [5.74, 6) is -0.162. The van der Waals surface area contributed by atoms with Crippen LogP contribution >= 0.6 is 34.3 Å². The average molecular weight is 464 g/mol. The molecule has 0 aliphatic carbocycles. The Bertz CT molecular complexity index is 1430. The number of carbonyl (C=O) groups excluding carboxylic acids is 1. The topological polar surface area (TPSA) is 46.1 Å². The predicted octanol–water partition coefficient (Wildman–Crippen LogP) is 7.02. The van der Waals surface area contributed by atoms with Gasteiger partial charge in [0.2, 0.25) is 0 Å². The zero-order valence-corrected chi connectivity index (χ0v) is 19.3. The van der Waals surface area contributed by atoms with Gasteiger partial charge in [-0.1, -0.05) is 53.3 Å². The number of hydrogen-bond acceptors (Lipinski definition) is 5. The van der Waals surface area contributed by atoms with E-state index >= 15 is 0 Å². The van der Waals surface area contributed by atoms with Gasteiger partial charge in [0.05, 0.1) is 27.5 Å². The number of anilines is 1. The smallest absolute Gasteiger partial charge is 0.272 e. The van der Waals surface area contributed by atoms with E-state index in [1.165, 1.54) is 28.2 Å². The van der Waals surface area contributed by atoms with Gasteiger partial charge >= 0.3 is 0 Å². The molecule has 2 aromatic carbocycles. The number of thiazole rings is 1. The van der Waals surface area contributed by atoms with Crippen molar-refractivity contribution in [1.29, 1.82) is 0 Å². The van der Waals surface area contributed by atoms with Gasteiger partial charge in [-0.3, -0.25) is 14.7 Å². The molecule has 3 heterocycles. The standard InChI is InChI=1S/C24H18ClN3OS2/c1-14-10-11-19-21(15(14)2)27-24(31-19)28(13-16-7-5-6-12-26-16)23(29)22-20(25)17-8-3-4-9-18(17)30-22/h3-12H,13H2,1-2H3. The molecule has 154 valence electrons. The van der Waals surface area contributed by atoms with Crippen molar-refractivity contribution in [3.63, 3.8) is 0 Å². The molecule has 0 spiro atoms. The van der Waals surface area contributed by atoms with Gasteiger partial charge in [0.25, 0.3) is 5.91 Å². The molecule has 31 heavy (non-hydrogen) atoms. The Kier molecular flexibility index (Phi) is 5.22. The third-order valence-electron chi connectivity index (χ3n) is 5.32. The molecule has 7 heteroatoms. The molecule has 0 bridgehead atoms. The highest BCUT2D eigenvalue weighted by atomic mass is 35.5. The maximum Gasteiger partial charge on any atom is 0.272 e. The molecule has 0 saturated heterocycles. The first-order valence-electron chi connectivity index (χ1n) is 9.78. The molecule has 0 radical (unpaired) electrons. The van der Waals surface area contributed by atoms with Crippen LogP contribution in [0.1, 0.15) is 26.5 Å². The van der Waals surface area contributed by atoms with Crippen LogP contribution in [0.15, 0.2) is 60.8 Å². The highest BCUT2D eigenvalue weighted by molar-refractivity contribution is 7.23. The van der Waals surface area contributed by atoms with Crippen LogP contribution in [0.2, 0.25) is 5.02 Å². The lowest BCUT2D eigenvalue weighted by Crippen LogP contribution is -2.30. The fourth-order valence-corrected chi connectivity index (χ4v) is 5.97. The lowest BCUT2D eigenvalue weighted by molar-refractivity contribution is 0.0989. The lowest BCUT2D eigenvalue weighted by Gasteiger charge is -2.19. The minimum atomic E-state index is -0.162. The second-order valence-electron chi connectivity index (χ2n) is 7.30. The number of aryl methyl sites for hydroxylation is 2. The normalized spacial score (nSPS) is 11.3. The molecule has 0 aliphatic heterocycles. The number of amides is 1. The fourth-order valence-electron chi connectivity index (χ4n) is 3.48. The zero-order chi connectivity index (χ0) is 21.5. The van der Waals surface area contributed by atoms with E-state index in [0.717, 1.165) is 31.6 Å². The summed E-state index contributed by atoms with van der Waals surface area (Å²) in [5.41, 5.74) is 4.03. The van der Waals surface area contributed by atoms with Crippen LogP contribution in [0.5, 0.6) is 0 Å². The quantitative estimate of drug-likeness (QED) is 0.287. The monoisotopic (exact) mass is 463 g/mol. The molecular weight excluding hydrogens is 446 g/mol. The van der Waals surface area contributed by atoms with Gasteiger partial charge in [-0.15, -0.1) is 11.3 Å². The molecular formula is C24H18ClN3OS2. The minimum Gasteiger partial charge on any atom is -0.277 e. The number of halogens is 1. The Morgan fingerprint density at radius 3 is 2.58 bits per heavy atom. The van der Waals surface area contributed by atoms with E-state index < -0.39 is 0 Å². The zero-order valence-electron chi connectivity index (χ0n) is 16.9. The van der Waals surface area contributed by atoms with Crippen molar-refractivity contribution in [2.24, 2.45) is 0 Å². The van der Waals surface area contributed by atoms with Crippen LogP contribution in [0.3, 0.4) is 0 Å². The van der Waals surface area contributed by atoms with Crippen molar-refractivity contribution in [3.05, 3.63) is 87.5 Å². The van der Waals surface area contributed by atoms with Gasteiger partial charge in [-0.05, 0) is 49.2 Å². The number of rotatable bonds is 4. The molecule has 5 rings (SSSR count). The molecule has 3 aromatic heterocycles. The first-order chi connectivity index (χ1) is 15.0. The summed E-state index contributed by atoms with van der Waals surface area (Å²) in [6, 6.07) is 17.7. The number of fused-ring (bicyclic) bond motifs is 2. The van der Waals surface area contributed by atoms with E-state index in [1.807, 2.05) is 42.5 Å². The summed E-state index contributed by atoms with van der Waals surface area (Å²) < 4.78 is 2.05. The summed E-state index contributed by atoms with van der Waals surface area (Å²) in [6.45, 7) is 4.46. The number of thiophene rings is 1. The summed E-state index contributed by atoms with van der Waals surface area (Å²) >= 11 is 9.56. The number of carbonyl (C=O) groups is 1. The Hall–Kier alpha value is -2.80. The van der Waals surface area contributed by atoms with E-state index in [2.05, 4.69) is 31.0 Å². The SMILES string of the molecule is Cc1ccc2sc(N(Cc3ccccn3)C(=O)c3sc4ccccc4c3Cl)nc2c1C. The van der Waals surface area contributed by atoms with Gasteiger partial charge in [0.15, 0.2) is 5.13 Å². The van der Waals surface area contributed by atoms with Crippen LogP contribution in [0, 0.1) is 13.8 Å². The van der Waals surface area contributed by atoms with Gasteiger partial charge in [-0.25, -0.2) is 4.98 Å². The summed E-state index contributed by atoms with van der Waals surface area (Å²) in [4.78, 5) is 25.3. The Labute approximate surface area is 192 Å². The van der Waals surface area contributed by atoms with Crippen molar-refractivity contribution in [2.45, 2.75) is 20.4 Å². The molecule has 0 fully saturated rings. The summed E-state index contributed by atoms with van der Waals surface area (Å²) in [7, 11) is 0. The van der Waals surface area contributed by atoms with E-state index in [-0.39, 0.29) is 5.91 Å². The highest BCUT2D eigenvalue weighted by Gasteiger charge is 2.27. The van der Waals surface area contributed by atoms with E-state index in [1.54, 1.807) is 11.1 Å². The van der Waals surface area contributed by atoms with Crippen LogP contribution in [0.4, 0.5) is 5.13 Å². The maximum atomic E-state index is 13.8. The van der Waals surface area contributed by atoms with E-state index in [0.29, 0.717) is 21.6 Å². The number of hydrogen-bond donors (Lipinski definition) is 0. The second kappa shape index (κ2) is 8.04. The first kappa shape index (κ1) is 20.1. The molecule has 0 atom stereocenters. The van der Waals surface area contributed by atoms with Crippen molar-refractivity contribution in [2.75, 3.05) is 4.90 Å². The van der Waals surface area contributed by atoms with Crippen LogP contribution in [-0.4, -0.2) is 15.9 Å². The maximum absolute atomic E-state index is 13.8. The Balaban J connectivity index is 1.64. The molecule has 0 N–H and O–H groups in total. The molecule has 0 saturated carbocycles. The lowest BCUT2D eigenvalue weighted by atomic mass is 10.1. The third kappa shape index (κ3) is 3.61. The number of aromatic nitrogens is 2. The number of benzene rings is 2.